The van der Waals surface area contributed by atoms with Gasteiger partial charge < -0.3 is 14.6 Å². The van der Waals surface area contributed by atoms with Crippen LogP contribution in [0.5, 0.6) is 11.5 Å². The number of para-hydroxylation sites is 1. The molecule has 2 aromatic carbocycles. The van der Waals surface area contributed by atoms with Gasteiger partial charge in [-0.05, 0) is 40.8 Å². The Morgan fingerprint density at radius 1 is 0.958 bits per heavy atom. The van der Waals surface area contributed by atoms with Gasteiger partial charge in [-0.3, -0.25) is 0 Å². The molecule has 3 rings (SSSR count). The minimum atomic E-state index is -0.462. The van der Waals surface area contributed by atoms with E-state index in [1.165, 1.54) is 0 Å². The topological polar surface area (TPSA) is 70.7 Å². The van der Waals surface area contributed by atoms with Gasteiger partial charge in [-0.2, -0.15) is 0 Å². The Bertz CT molecular complexity index is 962. The van der Waals surface area contributed by atoms with E-state index in [9.17, 15) is 15.0 Å². The van der Waals surface area contributed by atoms with E-state index < -0.39 is 5.63 Å². The van der Waals surface area contributed by atoms with Gasteiger partial charge in [0.25, 0.3) is 0 Å². The quantitative estimate of drug-likeness (QED) is 0.696. The third-order valence-corrected chi connectivity index (χ3v) is 4.14. The molecule has 0 saturated carbocycles. The van der Waals surface area contributed by atoms with Crippen molar-refractivity contribution in [3.8, 4) is 11.5 Å². The van der Waals surface area contributed by atoms with Gasteiger partial charge in [-0.25, -0.2) is 4.79 Å². The largest absolute Gasteiger partial charge is 0.508 e. The van der Waals surface area contributed by atoms with Crippen molar-refractivity contribution in [1.82, 2.24) is 0 Å². The van der Waals surface area contributed by atoms with Crippen LogP contribution in [-0.2, 0) is 11.8 Å². The molecule has 0 saturated heterocycles. The minimum Gasteiger partial charge on any atom is -0.508 e. The van der Waals surface area contributed by atoms with Crippen molar-refractivity contribution in [1.29, 1.82) is 0 Å². The molecule has 24 heavy (non-hydrogen) atoms. The summed E-state index contributed by atoms with van der Waals surface area (Å²) in [6.07, 6.45) is 0.241. The highest BCUT2D eigenvalue weighted by Crippen LogP contribution is 2.32. The Hall–Kier alpha value is -2.75. The standard InChI is InChI=1S/C20H20O4/c1-20(2,3)14-10-17(22)15-9-13(19(23)24-18(15)11-14)8-12-6-4-5-7-16(12)21/h4-7,9-11,21-22H,8H2,1-3H3. The molecule has 0 fully saturated rings. The van der Waals surface area contributed by atoms with Crippen LogP contribution in [0.4, 0.5) is 0 Å². The third kappa shape index (κ3) is 3.00. The van der Waals surface area contributed by atoms with Crippen LogP contribution < -0.4 is 5.63 Å². The summed E-state index contributed by atoms with van der Waals surface area (Å²) in [7, 11) is 0. The van der Waals surface area contributed by atoms with E-state index in [4.69, 9.17) is 4.42 Å². The summed E-state index contributed by atoms with van der Waals surface area (Å²) >= 11 is 0. The molecule has 124 valence electrons. The van der Waals surface area contributed by atoms with Crippen LogP contribution in [0.25, 0.3) is 11.0 Å². The summed E-state index contributed by atoms with van der Waals surface area (Å²) in [5.41, 5.74) is 1.66. The van der Waals surface area contributed by atoms with Crippen LogP contribution >= 0.6 is 0 Å². The highest BCUT2D eigenvalue weighted by Gasteiger charge is 2.18. The molecule has 2 N–H and O–H groups in total. The Labute approximate surface area is 140 Å². The lowest BCUT2D eigenvalue weighted by Gasteiger charge is -2.19. The summed E-state index contributed by atoms with van der Waals surface area (Å²) in [6, 6.07) is 12.0. The van der Waals surface area contributed by atoms with E-state index in [0.29, 0.717) is 22.1 Å². The number of hydrogen-bond acceptors (Lipinski definition) is 4. The normalized spacial score (nSPS) is 11.8. The molecule has 0 bridgehead atoms. The fourth-order valence-electron chi connectivity index (χ4n) is 2.66. The average Bonchev–Trinajstić information content (AvgIpc) is 2.49. The third-order valence-electron chi connectivity index (χ3n) is 4.14. The highest BCUT2D eigenvalue weighted by molar-refractivity contribution is 5.84. The highest BCUT2D eigenvalue weighted by atomic mass is 16.4. The molecule has 0 amide bonds. The molecule has 4 heteroatoms. The predicted molar refractivity (Wildman–Crippen MR) is 93.8 cm³/mol. The Morgan fingerprint density at radius 3 is 2.33 bits per heavy atom. The van der Waals surface area contributed by atoms with E-state index in [0.717, 1.165) is 5.56 Å². The molecule has 0 aliphatic rings. The van der Waals surface area contributed by atoms with Crippen LogP contribution in [0.2, 0.25) is 0 Å². The van der Waals surface area contributed by atoms with Crippen LogP contribution in [0.1, 0.15) is 37.5 Å². The van der Waals surface area contributed by atoms with Gasteiger partial charge in [0.1, 0.15) is 17.1 Å². The maximum Gasteiger partial charge on any atom is 0.339 e. The molecule has 3 aromatic rings. The first-order valence-corrected chi connectivity index (χ1v) is 7.83. The summed E-state index contributed by atoms with van der Waals surface area (Å²) in [5.74, 6) is 0.212. The lowest BCUT2D eigenvalue weighted by Crippen LogP contribution is -2.12. The van der Waals surface area contributed by atoms with Crippen molar-refractivity contribution < 1.29 is 14.6 Å². The molecular weight excluding hydrogens is 304 g/mol. The molecule has 0 unspecified atom stereocenters. The fraction of sp³-hybridized carbons (Fsp3) is 0.250. The molecular formula is C20H20O4. The lowest BCUT2D eigenvalue weighted by molar-refractivity contribution is 0.468. The number of aromatic hydroxyl groups is 2. The fourth-order valence-corrected chi connectivity index (χ4v) is 2.66. The molecule has 0 radical (unpaired) electrons. The van der Waals surface area contributed by atoms with Crippen molar-refractivity contribution in [2.75, 3.05) is 0 Å². The SMILES string of the molecule is CC(C)(C)c1cc(O)c2cc(Cc3ccccc3O)c(=O)oc2c1. The van der Waals surface area contributed by atoms with Crippen LogP contribution in [0, 0.1) is 0 Å². The first-order valence-electron chi connectivity index (χ1n) is 7.83. The summed E-state index contributed by atoms with van der Waals surface area (Å²) in [5, 5.41) is 20.7. The van der Waals surface area contributed by atoms with Crippen molar-refractivity contribution in [2.45, 2.75) is 32.6 Å². The van der Waals surface area contributed by atoms with E-state index in [2.05, 4.69) is 0 Å². The van der Waals surface area contributed by atoms with Gasteiger partial charge >= 0.3 is 5.63 Å². The van der Waals surface area contributed by atoms with Crippen molar-refractivity contribution >= 4 is 11.0 Å². The molecule has 1 aromatic heterocycles. The number of rotatable bonds is 2. The number of phenols is 2. The Kier molecular flexibility index (Phi) is 3.84. The van der Waals surface area contributed by atoms with Gasteiger partial charge in [0.05, 0.1) is 5.39 Å². The lowest BCUT2D eigenvalue weighted by atomic mass is 9.86. The molecule has 4 nitrogen and oxygen atoms in total. The number of fused-ring (bicyclic) bond motifs is 1. The second-order valence-corrected chi connectivity index (χ2v) is 7.02. The summed E-state index contributed by atoms with van der Waals surface area (Å²) < 4.78 is 5.42. The van der Waals surface area contributed by atoms with Gasteiger partial charge in [0, 0.05) is 12.0 Å². The van der Waals surface area contributed by atoms with Gasteiger partial charge in [-0.15, -0.1) is 0 Å². The number of phenolic OH excluding ortho intramolecular Hbond substituents is 2. The van der Waals surface area contributed by atoms with Crippen LogP contribution in [-0.4, -0.2) is 10.2 Å². The second kappa shape index (κ2) is 5.71. The van der Waals surface area contributed by atoms with Crippen molar-refractivity contribution in [3.05, 3.63) is 69.6 Å². The molecule has 0 spiro atoms. The smallest absolute Gasteiger partial charge is 0.339 e. The zero-order valence-electron chi connectivity index (χ0n) is 14.0. The predicted octanol–water partition coefficient (Wildman–Crippen LogP) is 4.09. The summed E-state index contributed by atoms with van der Waals surface area (Å²) in [6.45, 7) is 6.08. The molecule has 0 aliphatic heterocycles. The van der Waals surface area contributed by atoms with Crippen molar-refractivity contribution in [3.63, 3.8) is 0 Å². The van der Waals surface area contributed by atoms with E-state index in [-0.39, 0.29) is 23.3 Å². The van der Waals surface area contributed by atoms with Gasteiger partial charge in [0.15, 0.2) is 0 Å². The minimum absolute atomic E-state index is 0.0831. The first-order chi connectivity index (χ1) is 11.3. The Morgan fingerprint density at radius 2 is 1.67 bits per heavy atom. The van der Waals surface area contributed by atoms with Crippen molar-refractivity contribution in [2.24, 2.45) is 0 Å². The number of hydrogen-bond donors (Lipinski definition) is 2. The van der Waals surface area contributed by atoms with E-state index in [1.54, 1.807) is 42.5 Å². The zero-order chi connectivity index (χ0) is 17.5. The molecule has 1 heterocycles. The second-order valence-electron chi connectivity index (χ2n) is 7.02. The zero-order valence-corrected chi connectivity index (χ0v) is 14.0. The maximum atomic E-state index is 12.3. The Balaban J connectivity index is 2.12. The van der Waals surface area contributed by atoms with E-state index >= 15 is 0 Å². The maximum absolute atomic E-state index is 12.3. The molecule has 0 atom stereocenters. The van der Waals surface area contributed by atoms with Gasteiger partial charge in [0.2, 0.25) is 0 Å². The van der Waals surface area contributed by atoms with E-state index in [1.807, 2.05) is 20.8 Å². The van der Waals surface area contributed by atoms with Gasteiger partial charge in [-0.1, -0.05) is 39.0 Å². The number of benzene rings is 2. The monoisotopic (exact) mass is 324 g/mol. The first kappa shape index (κ1) is 16.1. The average molecular weight is 324 g/mol. The summed E-state index contributed by atoms with van der Waals surface area (Å²) in [4.78, 5) is 12.3. The van der Waals surface area contributed by atoms with Crippen LogP contribution in [0.15, 0.2) is 51.7 Å². The van der Waals surface area contributed by atoms with Crippen LogP contribution in [0.3, 0.4) is 0 Å². The molecule has 0 aliphatic carbocycles.